The van der Waals surface area contributed by atoms with Gasteiger partial charge in [0.15, 0.2) is 0 Å². The van der Waals surface area contributed by atoms with Crippen LogP contribution in [0.15, 0.2) is 42.5 Å². The van der Waals surface area contributed by atoms with Crippen LogP contribution in [0.5, 0.6) is 11.5 Å². The molecule has 0 aliphatic carbocycles. The van der Waals surface area contributed by atoms with Gasteiger partial charge in [-0.3, -0.25) is 9.59 Å². The highest BCUT2D eigenvalue weighted by atomic mass is 16.5. The van der Waals surface area contributed by atoms with Crippen LogP contribution >= 0.6 is 0 Å². The maximum Gasteiger partial charge on any atom is 0.314 e. The topological polar surface area (TPSA) is 78.6 Å². The molecular formula is C18H19NO4. The van der Waals surface area contributed by atoms with Crippen LogP contribution in [-0.4, -0.2) is 18.5 Å². The van der Waals surface area contributed by atoms with Gasteiger partial charge in [0.2, 0.25) is 5.91 Å². The highest BCUT2D eigenvalue weighted by Crippen LogP contribution is 2.22. The number of benzene rings is 2. The number of hydrogen-bond acceptors (Lipinski definition) is 4. The van der Waals surface area contributed by atoms with E-state index >= 15 is 0 Å². The summed E-state index contributed by atoms with van der Waals surface area (Å²) in [6, 6.07) is 12.1. The van der Waals surface area contributed by atoms with E-state index < -0.39 is 11.9 Å². The van der Waals surface area contributed by atoms with Gasteiger partial charge in [0, 0.05) is 5.56 Å². The Bertz CT molecular complexity index is 704. The zero-order valence-corrected chi connectivity index (χ0v) is 13.2. The summed E-state index contributed by atoms with van der Waals surface area (Å²) < 4.78 is 10.8. The Kier molecular flexibility index (Phi) is 5.36. The molecule has 0 aliphatic heterocycles. The van der Waals surface area contributed by atoms with Crippen molar-refractivity contribution in [1.29, 1.82) is 0 Å². The number of hydrogen-bond donors (Lipinski definition) is 1. The number of para-hydroxylation sites is 1. The fraction of sp³-hybridized carbons (Fsp3) is 0.222. The first-order valence-corrected chi connectivity index (χ1v) is 7.27. The molecule has 0 saturated heterocycles. The Labute approximate surface area is 135 Å². The molecule has 0 bridgehead atoms. The molecular weight excluding hydrogens is 294 g/mol. The van der Waals surface area contributed by atoms with Gasteiger partial charge in [0.25, 0.3) is 0 Å². The quantitative estimate of drug-likeness (QED) is 0.657. The van der Waals surface area contributed by atoms with Crippen molar-refractivity contribution < 1.29 is 19.1 Å². The summed E-state index contributed by atoms with van der Waals surface area (Å²) in [7, 11) is 0. The normalized spacial score (nSPS) is 10.2. The fourth-order valence-corrected chi connectivity index (χ4v) is 2.16. The van der Waals surface area contributed by atoms with Crippen molar-refractivity contribution in [2.24, 2.45) is 5.73 Å². The second-order valence-electron chi connectivity index (χ2n) is 5.19. The molecule has 0 spiro atoms. The molecule has 23 heavy (non-hydrogen) atoms. The summed E-state index contributed by atoms with van der Waals surface area (Å²) in [5.74, 6) is 0.0773. The van der Waals surface area contributed by atoms with Crippen molar-refractivity contribution in [2.45, 2.75) is 20.3 Å². The number of carbonyl (C=O) groups excluding carboxylic acids is 2. The molecule has 0 heterocycles. The molecule has 2 rings (SSSR count). The Morgan fingerprint density at radius 1 is 1.04 bits per heavy atom. The number of carbonyl (C=O) groups is 2. The molecule has 0 unspecified atom stereocenters. The highest BCUT2D eigenvalue weighted by Gasteiger charge is 2.09. The molecule has 0 atom stereocenters. The monoisotopic (exact) mass is 313 g/mol. The van der Waals surface area contributed by atoms with Gasteiger partial charge in [0.05, 0.1) is 13.0 Å². The molecule has 5 nitrogen and oxygen atoms in total. The number of rotatable bonds is 6. The van der Waals surface area contributed by atoms with E-state index in [1.54, 1.807) is 18.2 Å². The lowest BCUT2D eigenvalue weighted by atomic mass is 10.1. The van der Waals surface area contributed by atoms with E-state index in [1.807, 2.05) is 32.0 Å². The van der Waals surface area contributed by atoms with Crippen molar-refractivity contribution in [3.63, 3.8) is 0 Å². The molecule has 5 heteroatoms. The van der Waals surface area contributed by atoms with Crippen LogP contribution < -0.4 is 15.2 Å². The Morgan fingerprint density at radius 3 is 2.35 bits per heavy atom. The zero-order valence-electron chi connectivity index (χ0n) is 13.2. The maximum absolute atomic E-state index is 11.8. The van der Waals surface area contributed by atoms with Crippen LogP contribution in [0.3, 0.4) is 0 Å². The Balaban J connectivity index is 1.88. The Morgan fingerprint density at radius 2 is 1.70 bits per heavy atom. The van der Waals surface area contributed by atoms with Gasteiger partial charge in [0.1, 0.15) is 11.5 Å². The van der Waals surface area contributed by atoms with E-state index in [0.29, 0.717) is 11.3 Å². The average Bonchev–Trinajstić information content (AvgIpc) is 2.50. The van der Waals surface area contributed by atoms with Gasteiger partial charge in [-0.05, 0) is 43.2 Å². The summed E-state index contributed by atoms with van der Waals surface area (Å²) in [5.41, 5.74) is 7.52. The maximum atomic E-state index is 11.8. The molecule has 1 amide bonds. The second kappa shape index (κ2) is 7.45. The largest absolute Gasteiger partial charge is 0.492 e. The molecule has 0 aliphatic rings. The van der Waals surface area contributed by atoms with Gasteiger partial charge in [-0.1, -0.05) is 24.3 Å². The lowest BCUT2D eigenvalue weighted by molar-refractivity contribution is -0.134. The number of nitrogens with two attached hydrogens (primary N) is 1. The minimum atomic E-state index is -0.568. The lowest BCUT2D eigenvalue weighted by Crippen LogP contribution is -2.14. The standard InChI is InChI=1S/C18H19NO4/c1-12-5-3-6-13(2)17(12)22-10-9-16(20)23-15-8-4-7-14(11-15)18(19)21/h3-8,11H,9-10H2,1-2H3,(H2,19,21). The molecule has 2 N–H and O–H groups in total. The summed E-state index contributed by atoms with van der Waals surface area (Å²) in [5, 5.41) is 0. The van der Waals surface area contributed by atoms with Gasteiger partial charge in [-0.2, -0.15) is 0 Å². The zero-order chi connectivity index (χ0) is 16.8. The molecule has 0 radical (unpaired) electrons. The van der Waals surface area contributed by atoms with Crippen molar-refractivity contribution >= 4 is 11.9 Å². The predicted molar refractivity (Wildman–Crippen MR) is 86.6 cm³/mol. The minimum absolute atomic E-state index is 0.106. The van der Waals surface area contributed by atoms with E-state index in [2.05, 4.69) is 0 Å². The summed E-state index contributed by atoms with van der Waals surface area (Å²) in [6.07, 6.45) is 0.106. The number of esters is 1. The number of aryl methyl sites for hydroxylation is 2. The van der Waals surface area contributed by atoms with Crippen molar-refractivity contribution in [3.05, 3.63) is 59.2 Å². The van der Waals surface area contributed by atoms with E-state index in [9.17, 15) is 9.59 Å². The average molecular weight is 313 g/mol. The lowest BCUT2D eigenvalue weighted by Gasteiger charge is -2.11. The number of primary amides is 1. The molecule has 0 aromatic heterocycles. The minimum Gasteiger partial charge on any atom is -0.492 e. The summed E-state index contributed by atoms with van der Waals surface area (Å²) in [4.78, 5) is 22.9. The molecule has 2 aromatic carbocycles. The fourth-order valence-electron chi connectivity index (χ4n) is 2.16. The van der Waals surface area contributed by atoms with Crippen LogP contribution in [0.4, 0.5) is 0 Å². The molecule has 120 valence electrons. The number of amides is 1. The van der Waals surface area contributed by atoms with Crippen LogP contribution in [0.1, 0.15) is 27.9 Å². The van der Waals surface area contributed by atoms with Crippen LogP contribution in [0.2, 0.25) is 0 Å². The predicted octanol–water partition coefficient (Wildman–Crippen LogP) is 2.78. The first-order valence-electron chi connectivity index (χ1n) is 7.27. The molecule has 0 saturated carbocycles. The Hall–Kier alpha value is -2.82. The molecule has 2 aromatic rings. The van der Waals surface area contributed by atoms with E-state index in [0.717, 1.165) is 16.9 Å². The van der Waals surface area contributed by atoms with Crippen molar-refractivity contribution in [3.8, 4) is 11.5 Å². The van der Waals surface area contributed by atoms with Crippen LogP contribution in [0.25, 0.3) is 0 Å². The van der Waals surface area contributed by atoms with Crippen molar-refractivity contribution in [2.75, 3.05) is 6.61 Å². The van der Waals surface area contributed by atoms with Gasteiger partial charge in [-0.25, -0.2) is 0 Å². The van der Waals surface area contributed by atoms with Crippen molar-refractivity contribution in [1.82, 2.24) is 0 Å². The molecule has 0 fully saturated rings. The van der Waals surface area contributed by atoms with E-state index in [-0.39, 0.29) is 13.0 Å². The first kappa shape index (κ1) is 16.5. The van der Waals surface area contributed by atoms with Crippen LogP contribution in [0, 0.1) is 13.8 Å². The van der Waals surface area contributed by atoms with E-state index in [4.69, 9.17) is 15.2 Å². The first-order chi connectivity index (χ1) is 11.0. The van der Waals surface area contributed by atoms with Gasteiger partial charge >= 0.3 is 5.97 Å². The summed E-state index contributed by atoms with van der Waals surface area (Å²) >= 11 is 0. The summed E-state index contributed by atoms with van der Waals surface area (Å²) in [6.45, 7) is 4.13. The van der Waals surface area contributed by atoms with E-state index in [1.165, 1.54) is 6.07 Å². The third-order valence-electron chi connectivity index (χ3n) is 3.31. The number of ether oxygens (including phenoxy) is 2. The van der Waals surface area contributed by atoms with Gasteiger partial charge in [-0.15, -0.1) is 0 Å². The van der Waals surface area contributed by atoms with Gasteiger partial charge < -0.3 is 15.2 Å². The van der Waals surface area contributed by atoms with Crippen LogP contribution in [-0.2, 0) is 4.79 Å². The third kappa shape index (κ3) is 4.57. The highest BCUT2D eigenvalue weighted by molar-refractivity contribution is 5.93. The smallest absolute Gasteiger partial charge is 0.314 e. The second-order valence-corrected chi connectivity index (χ2v) is 5.19. The SMILES string of the molecule is Cc1cccc(C)c1OCCC(=O)Oc1cccc(C(N)=O)c1. The third-order valence-corrected chi connectivity index (χ3v) is 3.31.